The summed E-state index contributed by atoms with van der Waals surface area (Å²) in [6.45, 7) is 0.819. The maximum absolute atomic E-state index is 11.3. The van der Waals surface area contributed by atoms with Crippen molar-refractivity contribution in [2.24, 2.45) is 5.73 Å². The van der Waals surface area contributed by atoms with Gasteiger partial charge in [0.2, 0.25) is 5.91 Å². The van der Waals surface area contributed by atoms with Crippen LogP contribution in [0.4, 0.5) is 0 Å². The van der Waals surface area contributed by atoms with Crippen LogP contribution in [0.5, 0.6) is 0 Å². The molecule has 0 saturated heterocycles. The Morgan fingerprint density at radius 1 is 0.964 bits per heavy atom. The Hall–Kier alpha value is -2.33. The maximum Gasteiger partial charge on any atom is 0.250 e. The zero-order valence-corrected chi connectivity index (χ0v) is 16.9. The highest BCUT2D eigenvalue weighted by Crippen LogP contribution is 2.27. The van der Waals surface area contributed by atoms with Gasteiger partial charge in [-0.15, -0.1) is 12.4 Å². The molecule has 0 saturated carbocycles. The van der Waals surface area contributed by atoms with Crippen molar-refractivity contribution in [1.82, 2.24) is 5.32 Å². The first-order chi connectivity index (χ1) is 13.1. The Kier molecular flexibility index (Phi) is 6.40. The van der Waals surface area contributed by atoms with Gasteiger partial charge in [0.15, 0.2) is 0 Å². The molecule has 1 aliphatic rings. The molecule has 0 bridgehead atoms. The molecule has 0 fully saturated rings. The number of hydrogen-bond acceptors (Lipinski definition) is 2. The van der Waals surface area contributed by atoms with E-state index in [9.17, 15) is 4.79 Å². The molecule has 0 atom stereocenters. The summed E-state index contributed by atoms with van der Waals surface area (Å²) in [6.07, 6.45) is 2.17. The second-order valence-electron chi connectivity index (χ2n) is 7.01. The van der Waals surface area contributed by atoms with E-state index in [-0.39, 0.29) is 12.4 Å². The largest absolute Gasteiger partial charge is 0.366 e. The molecule has 0 aliphatic heterocycles. The lowest BCUT2D eigenvalue weighted by Gasteiger charge is -2.13. The molecule has 3 N–H and O–H groups in total. The number of nitrogens with one attached hydrogen (secondary N) is 1. The lowest BCUT2D eigenvalue weighted by atomic mass is 10.0. The van der Waals surface area contributed by atoms with E-state index in [1.807, 2.05) is 18.2 Å². The Labute approximate surface area is 176 Å². The third kappa shape index (κ3) is 4.39. The van der Waals surface area contributed by atoms with Crippen LogP contribution < -0.4 is 11.1 Å². The molecule has 3 aromatic rings. The smallest absolute Gasteiger partial charge is 0.250 e. The number of benzene rings is 3. The predicted octanol–water partition coefficient (Wildman–Crippen LogP) is 4.78. The molecule has 28 heavy (non-hydrogen) atoms. The third-order valence-corrected chi connectivity index (χ3v) is 5.45. The molecule has 4 rings (SSSR count). The molecule has 0 aromatic heterocycles. The molecule has 0 unspecified atom stereocenters. The fourth-order valence-corrected chi connectivity index (χ4v) is 3.99. The van der Waals surface area contributed by atoms with Crippen LogP contribution in [-0.4, -0.2) is 11.9 Å². The van der Waals surface area contributed by atoms with Gasteiger partial charge in [0.1, 0.15) is 0 Å². The van der Waals surface area contributed by atoms with Crippen molar-refractivity contribution in [3.05, 3.63) is 94.0 Å². The minimum Gasteiger partial charge on any atom is -0.366 e. The lowest BCUT2D eigenvalue weighted by Crippen LogP contribution is -2.28. The van der Waals surface area contributed by atoms with E-state index < -0.39 is 5.91 Å². The minimum atomic E-state index is -0.512. The van der Waals surface area contributed by atoms with Gasteiger partial charge in [0, 0.05) is 12.6 Å². The summed E-state index contributed by atoms with van der Waals surface area (Å²) in [4.78, 5) is 11.3. The van der Waals surface area contributed by atoms with Gasteiger partial charge in [0.25, 0.3) is 0 Å². The molecular weight excluding hydrogens is 391 g/mol. The van der Waals surface area contributed by atoms with Gasteiger partial charge >= 0.3 is 0 Å². The molecule has 3 nitrogen and oxygen atoms in total. The number of amides is 1. The van der Waals surface area contributed by atoms with Gasteiger partial charge < -0.3 is 11.1 Å². The molecule has 0 heterocycles. The molecule has 0 radical (unpaired) electrons. The Balaban J connectivity index is 0.00000225. The average molecular weight is 413 g/mol. The molecule has 3 aromatic carbocycles. The first-order valence-electron chi connectivity index (χ1n) is 9.09. The van der Waals surface area contributed by atoms with E-state index in [0.29, 0.717) is 16.6 Å². The van der Waals surface area contributed by atoms with Gasteiger partial charge in [-0.1, -0.05) is 60.1 Å². The van der Waals surface area contributed by atoms with Crippen molar-refractivity contribution in [3.63, 3.8) is 0 Å². The van der Waals surface area contributed by atoms with Crippen molar-refractivity contribution < 1.29 is 4.79 Å². The number of carbonyl (C=O) groups excluding carboxylic acids is 1. The van der Waals surface area contributed by atoms with E-state index in [1.54, 1.807) is 12.1 Å². The van der Waals surface area contributed by atoms with Gasteiger partial charge in [0.05, 0.1) is 10.6 Å². The number of rotatable bonds is 5. The van der Waals surface area contributed by atoms with Crippen molar-refractivity contribution in [1.29, 1.82) is 0 Å². The number of primary amides is 1. The highest BCUT2D eigenvalue weighted by molar-refractivity contribution is 6.34. The average Bonchev–Trinajstić information content (AvgIpc) is 3.09. The molecule has 1 aliphatic carbocycles. The van der Waals surface area contributed by atoms with Crippen LogP contribution in [0.3, 0.4) is 0 Å². The monoisotopic (exact) mass is 412 g/mol. The second-order valence-corrected chi connectivity index (χ2v) is 7.42. The van der Waals surface area contributed by atoms with Crippen LogP contribution in [-0.2, 0) is 19.4 Å². The van der Waals surface area contributed by atoms with Crippen LogP contribution in [0.1, 0.15) is 27.0 Å². The number of carbonyl (C=O) groups is 1. The first kappa shape index (κ1) is 20.4. The third-order valence-electron chi connectivity index (χ3n) is 5.14. The van der Waals surface area contributed by atoms with Crippen LogP contribution in [0.2, 0.25) is 5.02 Å². The quantitative estimate of drug-likeness (QED) is 0.632. The summed E-state index contributed by atoms with van der Waals surface area (Å²) in [5, 5.41) is 4.05. The standard InChI is InChI=1S/C23H21ClN2O.ClH/c24-22-13-19(8-9-21(22)23(25)27)16-7-3-4-15(10-16)14-26-20-11-17-5-1-2-6-18(17)12-20;/h1-10,13,20,26H,11-12,14H2,(H2,25,27);1H. The highest BCUT2D eigenvalue weighted by atomic mass is 35.5. The van der Waals surface area contributed by atoms with Crippen LogP contribution in [0, 0.1) is 0 Å². The van der Waals surface area contributed by atoms with Gasteiger partial charge in [-0.25, -0.2) is 0 Å². The zero-order chi connectivity index (χ0) is 18.8. The number of halogens is 2. The molecule has 1 amide bonds. The van der Waals surface area contributed by atoms with Crippen molar-refractivity contribution >= 4 is 29.9 Å². The fraction of sp³-hybridized carbons (Fsp3) is 0.174. The minimum absolute atomic E-state index is 0. The summed E-state index contributed by atoms with van der Waals surface area (Å²) in [7, 11) is 0. The van der Waals surface area contributed by atoms with E-state index in [2.05, 4.69) is 41.7 Å². The highest BCUT2D eigenvalue weighted by Gasteiger charge is 2.20. The van der Waals surface area contributed by atoms with E-state index in [0.717, 1.165) is 30.5 Å². The lowest BCUT2D eigenvalue weighted by molar-refractivity contribution is 0.100. The fourth-order valence-electron chi connectivity index (χ4n) is 3.72. The molecular formula is C23H22Cl2N2O. The molecule has 144 valence electrons. The van der Waals surface area contributed by atoms with Crippen molar-refractivity contribution in [3.8, 4) is 11.1 Å². The number of fused-ring (bicyclic) bond motifs is 1. The summed E-state index contributed by atoms with van der Waals surface area (Å²) < 4.78 is 0. The van der Waals surface area contributed by atoms with Crippen LogP contribution in [0.25, 0.3) is 11.1 Å². The topological polar surface area (TPSA) is 55.1 Å². The predicted molar refractivity (Wildman–Crippen MR) is 117 cm³/mol. The van der Waals surface area contributed by atoms with Crippen molar-refractivity contribution in [2.75, 3.05) is 0 Å². The van der Waals surface area contributed by atoms with Gasteiger partial charge in [-0.05, 0) is 58.9 Å². The normalized spacial score (nSPS) is 13.0. The van der Waals surface area contributed by atoms with E-state index in [1.165, 1.54) is 16.7 Å². The zero-order valence-electron chi connectivity index (χ0n) is 15.3. The number of hydrogen-bond donors (Lipinski definition) is 2. The second kappa shape index (κ2) is 8.78. The SMILES string of the molecule is Cl.NC(=O)c1ccc(-c2cccc(CNC3Cc4ccccc4C3)c2)cc1Cl. The van der Waals surface area contributed by atoms with Crippen LogP contribution in [0.15, 0.2) is 66.7 Å². The number of nitrogens with two attached hydrogens (primary N) is 1. The molecule has 5 heteroatoms. The summed E-state index contributed by atoms with van der Waals surface area (Å²) in [6, 6.07) is 22.9. The van der Waals surface area contributed by atoms with Crippen molar-refractivity contribution in [2.45, 2.75) is 25.4 Å². The maximum atomic E-state index is 11.3. The van der Waals surface area contributed by atoms with E-state index >= 15 is 0 Å². The summed E-state index contributed by atoms with van der Waals surface area (Å²) >= 11 is 6.19. The Bertz CT molecular complexity index is 978. The first-order valence-corrected chi connectivity index (χ1v) is 9.47. The Morgan fingerprint density at radius 2 is 1.64 bits per heavy atom. The Morgan fingerprint density at radius 3 is 2.29 bits per heavy atom. The van der Waals surface area contributed by atoms with Crippen LogP contribution >= 0.6 is 24.0 Å². The summed E-state index contributed by atoms with van der Waals surface area (Å²) in [5.74, 6) is -0.512. The molecule has 0 spiro atoms. The van der Waals surface area contributed by atoms with E-state index in [4.69, 9.17) is 17.3 Å². The van der Waals surface area contributed by atoms with Gasteiger partial charge in [-0.2, -0.15) is 0 Å². The van der Waals surface area contributed by atoms with Gasteiger partial charge in [-0.3, -0.25) is 4.79 Å². The summed E-state index contributed by atoms with van der Waals surface area (Å²) in [5.41, 5.74) is 11.8.